The fraction of sp³-hybridized carbons (Fsp3) is 0.150. The Bertz CT molecular complexity index is 1120. The number of anilines is 1. The molecule has 3 rings (SSSR count). The van der Waals surface area contributed by atoms with Crippen LogP contribution in [0.1, 0.15) is 9.67 Å². The topological polar surface area (TPSA) is 90.9 Å². The van der Waals surface area contributed by atoms with Crippen molar-refractivity contribution >= 4 is 33.0 Å². The molecule has 0 amide bonds. The van der Waals surface area contributed by atoms with Crippen LogP contribution >= 0.6 is 11.3 Å². The van der Waals surface area contributed by atoms with E-state index in [4.69, 9.17) is 14.2 Å². The van der Waals surface area contributed by atoms with E-state index < -0.39 is 16.0 Å². The van der Waals surface area contributed by atoms with Crippen molar-refractivity contribution in [2.75, 3.05) is 26.1 Å². The Morgan fingerprint density at radius 3 is 2.34 bits per heavy atom. The van der Waals surface area contributed by atoms with E-state index in [0.29, 0.717) is 16.9 Å². The highest BCUT2D eigenvalue weighted by Gasteiger charge is 2.30. The van der Waals surface area contributed by atoms with Gasteiger partial charge in [-0.2, -0.15) is 0 Å². The molecule has 0 atom stereocenters. The van der Waals surface area contributed by atoms with Gasteiger partial charge in [-0.25, -0.2) is 13.2 Å². The quantitative estimate of drug-likeness (QED) is 0.566. The van der Waals surface area contributed by atoms with Crippen molar-refractivity contribution < 1.29 is 27.4 Å². The van der Waals surface area contributed by atoms with Crippen LogP contribution in [-0.4, -0.2) is 35.7 Å². The first-order valence-electron chi connectivity index (χ1n) is 8.41. The molecule has 29 heavy (non-hydrogen) atoms. The third-order valence-corrected chi connectivity index (χ3v) is 6.66. The Morgan fingerprint density at radius 1 is 1.00 bits per heavy atom. The van der Waals surface area contributed by atoms with Gasteiger partial charge in [0.15, 0.2) is 0 Å². The minimum atomic E-state index is -4.15. The number of thiophene rings is 1. The Hall–Kier alpha value is -3.04. The zero-order chi connectivity index (χ0) is 21.0. The maximum absolute atomic E-state index is 13.3. The van der Waals surface area contributed by atoms with Crippen molar-refractivity contribution in [2.24, 2.45) is 0 Å². The highest BCUT2D eigenvalue weighted by atomic mass is 32.2. The van der Waals surface area contributed by atoms with Crippen LogP contribution in [-0.2, 0) is 14.8 Å². The molecule has 0 fully saturated rings. The van der Waals surface area contributed by atoms with Crippen LogP contribution in [0.3, 0.4) is 0 Å². The molecule has 0 unspecified atom stereocenters. The van der Waals surface area contributed by atoms with E-state index in [1.165, 1.54) is 27.4 Å². The number of hydrogen-bond acceptors (Lipinski definition) is 7. The lowest BCUT2D eigenvalue weighted by molar-refractivity contribution is 0.0602. The van der Waals surface area contributed by atoms with E-state index >= 15 is 0 Å². The first-order chi connectivity index (χ1) is 13.9. The van der Waals surface area contributed by atoms with Gasteiger partial charge in [0.25, 0.3) is 10.0 Å². The minimum Gasteiger partial charge on any atom is -0.497 e. The van der Waals surface area contributed by atoms with Gasteiger partial charge in [0.05, 0.1) is 27.0 Å². The van der Waals surface area contributed by atoms with Crippen LogP contribution in [0.4, 0.5) is 5.69 Å². The molecule has 0 aliphatic rings. The third-order valence-electron chi connectivity index (χ3n) is 4.12. The first kappa shape index (κ1) is 20.7. The van der Waals surface area contributed by atoms with Crippen molar-refractivity contribution in [3.8, 4) is 22.6 Å². The largest absolute Gasteiger partial charge is 0.497 e. The van der Waals surface area contributed by atoms with Gasteiger partial charge in [-0.3, -0.25) is 4.72 Å². The number of sulfonamides is 1. The standard InChI is InChI=1S/C20H19NO6S2/c1-25-14-9-10-16(17(11-14)26-2)21-29(23,24)19-15(13-7-5-4-6-8-13)12-28-18(19)20(22)27-3/h4-12,21H,1-3H3. The van der Waals surface area contributed by atoms with Crippen molar-refractivity contribution in [2.45, 2.75) is 4.90 Å². The van der Waals surface area contributed by atoms with Crippen LogP contribution in [0.25, 0.3) is 11.1 Å². The van der Waals surface area contributed by atoms with E-state index in [1.807, 2.05) is 6.07 Å². The number of ether oxygens (including phenoxy) is 3. The second kappa shape index (κ2) is 8.54. The first-order valence-corrected chi connectivity index (χ1v) is 10.8. The zero-order valence-electron chi connectivity index (χ0n) is 16.0. The maximum atomic E-state index is 13.3. The second-order valence-corrected chi connectivity index (χ2v) is 8.34. The summed E-state index contributed by atoms with van der Waals surface area (Å²) in [4.78, 5) is 12.1. The van der Waals surface area contributed by atoms with Crippen molar-refractivity contribution in [1.82, 2.24) is 0 Å². The monoisotopic (exact) mass is 433 g/mol. The molecule has 0 aliphatic heterocycles. The number of hydrogen-bond donors (Lipinski definition) is 1. The predicted molar refractivity (Wildman–Crippen MR) is 111 cm³/mol. The molecule has 0 saturated carbocycles. The van der Waals surface area contributed by atoms with Crippen molar-refractivity contribution in [3.05, 3.63) is 58.8 Å². The summed E-state index contributed by atoms with van der Waals surface area (Å²) in [7, 11) is -0.0172. The van der Waals surface area contributed by atoms with E-state index in [1.54, 1.807) is 41.8 Å². The number of rotatable bonds is 7. The predicted octanol–water partition coefficient (Wildman–Crippen LogP) is 4.02. The summed E-state index contributed by atoms with van der Waals surface area (Å²) < 4.78 is 44.3. The lowest BCUT2D eigenvalue weighted by Gasteiger charge is -2.14. The van der Waals surface area contributed by atoms with E-state index in [2.05, 4.69) is 4.72 Å². The maximum Gasteiger partial charge on any atom is 0.349 e. The molecule has 7 nitrogen and oxygen atoms in total. The summed E-state index contributed by atoms with van der Waals surface area (Å²) in [6.07, 6.45) is 0. The number of methoxy groups -OCH3 is 3. The molecule has 0 saturated heterocycles. The lowest BCUT2D eigenvalue weighted by atomic mass is 10.1. The highest BCUT2D eigenvalue weighted by molar-refractivity contribution is 7.93. The van der Waals surface area contributed by atoms with Gasteiger partial charge < -0.3 is 14.2 Å². The molecule has 152 valence electrons. The van der Waals surface area contributed by atoms with E-state index in [-0.39, 0.29) is 21.2 Å². The van der Waals surface area contributed by atoms with E-state index in [0.717, 1.165) is 11.3 Å². The summed E-state index contributed by atoms with van der Waals surface area (Å²) in [5.41, 5.74) is 1.30. The molecule has 1 aromatic heterocycles. The smallest absolute Gasteiger partial charge is 0.349 e. The fourth-order valence-electron chi connectivity index (χ4n) is 2.74. The van der Waals surface area contributed by atoms with Gasteiger partial charge >= 0.3 is 5.97 Å². The van der Waals surface area contributed by atoms with Crippen LogP contribution in [0.2, 0.25) is 0 Å². The summed E-state index contributed by atoms with van der Waals surface area (Å²) in [5, 5.41) is 1.63. The molecule has 0 bridgehead atoms. The van der Waals surface area contributed by atoms with Crippen LogP contribution in [0.5, 0.6) is 11.5 Å². The Labute approximate surface area is 172 Å². The molecule has 2 aromatic carbocycles. The average molecular weight is 434 g/mol. The van der Waals surface area contributed by atoms with Gasteiger partial charge in [-0.15, -0.1) is 11.3 Å². The number of nitrogens with one attached hydrogen (secondary N) is 1. The van der Waals surface area contributed by atoms with Crippen LogP contribution in [0.15, 0.2) is 58.8 Å². The molecular formula is C20H19NO6S2. The van der Waals surface area contributed by atoms with Gasteiger partial charge in [-0.05, 0) is 17.7 Å². The molecule has 1 N–H and O–H groups in total. The minimum absolute atomic E-state index is 0.00803. The molecule has 1 heterocycles. The number of carbonyl (C=O) groups is 1. The zero-order valence-corrected chi connectivity index (χ0v) is 17.6. The summed E-state index contributed by atoms with van der Waals surface area (Å²) in [5.74, 6) is 0.0730. The van der Waals surface area contributed by atoms with Crippen LogP contribution < -0.4 is 14.2 Å². The molecule has 0 radical (unpaired) electrons. The average Bonchev–Trinajstić information content (AvgIpc) is 3.20. The highest BCUT2D eigenvalue weighted by Crippen LogP contribution is 2.38. The summed E-state index contributed by atoms with van der Waals surface area (Å²) >= 11 is 1.01. The van der Waals surface area contributed by atoms with Crippen LogP contribution in [0, 0.1) is 0 Å². The molecule has 3 aromatic rings. The number of esters is 1. The number of carbonyl (C=O) groups excluding carboxylic acids is 1. The van der Waals surface area contributed by atoms with Gasteiger partial charge in [0.1, 0.15) is 21.3 Å². The molecular weight excluding hydrogens is 414 g/mol. The molecule has 0 spiro atoms. The Balaban J connectivity index is 2.13. The normalized spacial score (nSPS) is 11.0. The SMILES string of the molecule is COC(=O)c1scc(-c2ccccc2)c1S(=O)(=O)Nc1ccc(OC)cc1OC. The van der Waals surface area contributed by atoms with E-state index in [9.17, 15) is 13.2 Å². The Kier molecular flexibility index (Phi) is 6.09. The summed E-state index contributed by atoms with van der Waals surface area (Å²) in [6, 6.07) is 13.7. The third kappa shape index (κ3) is 4.20. The lowest BCUT2D eigenvalue weighted by Crippen LogP contribution is -2.17. The summed E-state index contributed by atoms with van der Waals surface area (Å²) in [6.45, 7) is 0. The van der Waals surface area contributed by atoms with Gasteiger partial charge in [0.2, 0.25) is 0 Å². The fourth-order valence-corrected chi connectivity index (χ4v) is 5.53. The Morgan fingerprint density at radius 2 is 1.72 bits per heavy atom. The molecule has 9 heteroatoms. The van der Waals surface area contributed by atoms with Crippen molar-refractivity contribution in [1.29, 1.82) is 0 Å². The van der Waals surface area contributed by atoms with Gasteiger partial charge in [-0.1, -0.05) is 30.3 Å². The number of benzene rings is 2. The second-order valence-electron chi connectivity index (χ2n) is 5.84. The van der Waals surface area contributed by atoms with Gasteiger partial charge in [0, 0.05) is 17.0 Å². The van der Waals surface area contributed by atoms with Crippen molar-refractivity contribution in [3.63, 3.8) is 0 Å². The molecule has 0 aliphatic carbocycles.